The lowest BCUT2D eigenvalue weighted by Crippen LogP contribution is -1.92. The van der Waals surface area contributed by atoms with Gasteiger partial charge in [0.05, 0.1) is 5.52 Å². The lowest BCUT2D eigenvalue weighted by atomic mass is 10.2. The molecule has 0 radical (unpaired) electrons. The summed E-state index contributed by atoms with van der Waals surface area (Å²) in [5.41, 5.74) is 5.12. The van der Waals surface area contributed by atoms with Crippen LogP contribution in [0.5, 0.6) is 0 Å². The Morgan fingerprint density at radius 3 is 2.74 bits per heavy atom. The predicted molar refractivity (Wildman–Crippen MR) is 97.6 cm³/mol. The van der Waals surface area contributed by atoms with Gasteiger partial charge < -0.3 is 4.98 Å². The quantitative estimate of drug-likeness (QED) is 0.512. The van der Waals surface area contributed by atoms with Crippen LogP contribution >= 0.6 is 27.7 Å². The smallest absolute Gasteiger partial charge is 0.211 e. The average Bonchev–Trinajstić information content (AvgIpc) is 2.90. The van der Waals surface area contributed by atoms with Crippen LogP contribution in [0, 0.1) is 6.92 Å². The minimum absolute atomic E-state index is 0.684. The molecule has 4 nitrogen and oxygen atoms in total. The first-order chi connectivity index (χ1) is 11.2. The molecular weight excluding hydrogens is 372 g/mol. The van der Waals surface area contributed by atoms with Crippen molar-refractivity contribution in [2.24, 2.45) is 0 Å². The number of aromatic nitrogens is 4. The predicted octanol–water partition coefficient (Wildman–Crippen LogP) is 4.87. The summed E-state index contributed by atoms with van der Waals surface area (Å²) in [4.78, 5) is 7.90. The minimum Gasteiger partial charge on any atom is -0.338 e. The van der Waals surface area contributed by atoms with Crippen LogP contribution in [0.15, 0.2) is 52.1 Å². The maximum absolute atomic E-state index is 4.59. The van der Waals surface area contributed by atoms with Crippen LogP contribution in [-0.4, -0.2) is 20.2 Å². The van der Waals surface area contributed by atoms with E-state index in [1.54, 1.807) is 11.8 Å². The SMILES string of the molecule is Cc1ccc(CSc2nnc3c(n2)[nH]c2cc(Br)ccc23)cc1. The van der Waals surface area contributed by atoms with Gasteiger partial charge in [0.25, 0.3) is 0 Å². The second-order valence-electron chi connectivity index (χ2n) is 5.38. The Morgan fingerprint density at radius 2 is 1.91 bits per heavy atom. The Balaban J connectivity index is 1.63. The van der Waals surface area contributed by atoms with E-state index in [-0.39, 0.29) is 0 Å². The van der Waals surface area contributed by atoms with Crippen LogP contribution in [0.25, 0.3) is 22.1 Å². The maximum atomic E-state index is 4.59. The van der Waals surface area contributed by atoms with E-state index >= 15 is 0 Å². The van der Waals surface area contributed by atoms with Gasteiger partial charge in [-0.15, -0.1) is 10.2 Å². The molecule has 23 heavy (non-hydrogen) atoms. The number of hydrogen-bond acceptors (Lipinski definition) is 4. The highest BCUT2D eigenvalue weighted by atomic mass is 79.9. The van der Waals surface area contributed by atoms with Crippen molar-refractivity contribution in [2.75, 3.05) is 0 Å². The number of aryl methyl sites for hydroxylation is 1. The fourth-order valence-electron chi connectivity index (χ4n) is 2.43. The highest BCUT2D eigenvalue weighted by molar-refractivity contribution is 9.10. The van der Waals surface area contributed by atoms with E-state index in [1.807, 2.05) is 18.2 Å². The van der Waals surface area contributed by atoms with E-state index in [4.69, 9.17) is 0 Å². The van der Waals surface area contributed by atoms with Gasteiger partial charge in [0.1, 0.15) is 5.52 Å². The minimum atomic E-state index is 0.684. The number of nitrogens with zero attached hydrogens (tertiary/aromatic N) is 3. The molecule has 2 aromatic heterocycles. The van der Waals surface area contributed by atoms with Crippen molar-refractivity contribution >= 4 is 49.8 Å². The molecule has 0 spiro atoms. The van der Waals surface area contributed by atoms with Crippen molar-refractivity contribution in [1.29, 1.82) is 0 Å². The molecule has 0 saturated heterocycles. The van der Waals surface area contributed by atoms with Gasteiger partial charge in [-0.2, -0.15) is 0 Å². The van der Waals surface area contributed by atoms with Gasteiger partial charge in [0, 0.05) is 15.6 Å². The number of thioether (sulfide) groups is 1. The van der Waals surface area contributed by atoms with E-state index in [0.717, 1.165) is 32.3 Å². The molecule has 1 N–H and O–H groups in total. The molecule has 0 amide bonds. The molecule has 0 atom stereocenters. The summed E-state index contributed by atoms with van der Waals surface area (Å²) in [7, 11) is 0. The second-order valence-corrected chi connectivity index (χ2v) is 7.24. The van der Waals surface area contributed by atoms with Crippen LogP contribution in [0.1, 0.15) is 11.1 Å². The zero-order valence-electron chi connectivity index (χ0n) is 12.4. The fraction of sp³-hybridized carbons (Fsp3) is 0.118. The van der Waals surface area contributed by atoms with Gasteiger partial charge in [0.2, 0.25) is 5.16 Å². The Morgan fingerprint density at radius 1 is 1.09 bits per heavy atom. The lowest BCUT2D eigenvalue weighted by molar-refractivity contribution is 0.878. The highest BCUT2D eigenvalue weighted by Crippen LogP contribution is 2.26. The van der Waals surface area contributed by atoms with Crippen LogP contribution in [0.3, 0.4) is 0 Å². The number of H-pyrrole nitrogens is 1. The maximum Gasteiger partial charge on any atom is 0.211 e. The molecule has 0 aliphatic rings. The van der Waals surface area contributed by atoms with Gasteiger partial charge in [-0.1, -0.05) is 57.5 Å². The summed E-state index contributed by atoms with van der Waals surface area (Å²) >= 11 is 5.07. The normalized spacial score (nSPS) is 11.4. The van der Waals surface area contributed by atoms with Gasteiger partial charge in [0.15, 0.2) is 5.65 Å². The molecule has 0 bridgehead atoms. The molecule has 114 valence electrons. The van der Waals surface area contributed by atoms with Crippen LogP contribution in [0.2, 0.25) is 0 Å². The fourth-order valence-corrected chi connectivity index (χ4v) is 3.53. The Hall–Kier alpha value is -1.92. The molecule has 2 aromatic carbocycles. The van der Waals surface area contributed by atoms with Gasteiger partial charge in [-0.05, 0) is 30.7 Å². The Labute approximate surface area is 145 Å². The first kappa shape index (κ1) is 14.7. The highest BCUT2D eigenvalue weighted by Gasteiger charge is 2.09. The molecule has 0 aliphatic carbocycles. The summed E-state index contributed by atoms with van der Waals surface area (Å²) in [6.45, 7) is 2.09. The van der Waals surface area contributed by atoms with Crippen molar-refractivity contribution in [3.8, 4) is 0 Å². The first-order valence-electron chi connectivity index (χ1n) is 7.19. The van der Waals surface area contributed by atoms with Crippen molar-refractivity contribution in [2.45, 2.75) is 17.8 Å². The molecule has 4 rings (SSSR count). The molecule has 6 heteroatoms. The molecule has 0 fully saturated rings. The molecule has 0 aliphatic heterocycles. The van der Waals surface area contributed by atoms with Gasteiger partial charge in [-0.3, -0.25) is 0 Å². The Bertz CT molecular complexity index is 995. The van der Waals surface area contributed by atoms with Crippen LogP contribution in [0.4, 0.5) is 0 Å². The zero-order valence-corrected chi connectivity index (χ0v) is 14.8. The molecule has 0 unspecified atom stereocenters. The van der Waals surface area contributed by atoms with E-state index in [9.17, 15) is 0 Å². The van der Waals surface area contributed by atoms with Crippen LogP contribution < -0.4 is 0 Å². The third kappa shape index (κ3) is 2.96. The Kier molecular flexibility index (Phi) is 3.79. The van der Waals surface area contributed by atoms with E-state index in [0.29, 0.717) is 5.16 Å². The number of fused-ring (bicyclic) bond motifs is 3. The number of hydrogen-bond donors (Lipinski definition) is 1. The lowest BCUT2D eigenvalue weighted by Gasteiger charge is -2.01. The summed E-state index contributed by atoms with van der Waals surface area (Å²) in [5, 5.41) is 10.3. The monoisotopic (exact) mass is 384 g/mol. The van der Waals surface area contributed by atoms with E-state index < -0.39 is 0 Å². The number of benzene rings is 2. The number of aromatic amines is 1. The van der Waals surface area contributed by atoms with Gasteiger partial charge >= 0.3 is 0 Å². The zero-order chi connectivity index (χ0) is 15.8. The van der Waals surface area contributed by atoms with Crippen molar-refractivity contribution < 1.29 is 0 Å². The second kappa shape index (κ2) is 5.94. The van der Waals surface area contributed by atoms with Crippen LogP contribution in [-0.2, 0) is 5.75 Å². The van der Waals surface area contributed by atoms with Crippen molar-refractivity contribution in [3.05, 3.63) is 58.1 Å². The molecular formula is C17H13BrN4S. The summed E-state index contributed by atoms with van der Waals surface area (Å²) < 4.78 is 1.03. The first-order valence-corrected chi connectivity index (χ1v) is 8.97. The average molecular weight is 385 g/mol. The summed E-state index contributed by atoms with van der Waals surface area (Å²) in [6, 6.07) is 14.5. The number of nitrogens with one attached hydrogen (secondary N) is 1. The van der Waals surface area contributed by atoms with E-state index in [2.05, 4.69) is 67.3 Å². The number of rotatable bonds is 3. The van der Waals surface area contributed by atoms with Crippen molar-refractivity contribution in [1.82, 2.24) is 20.2 Å². The third-order valence-electron chi connectivity index (χ3n) is 3.65. The largest absolute Gasteiger partial charge is 0.338 e. The molecule has 4 aromatic rings. The third-order valence-corrected chi connectivity index (χ3v) is 5.05. The molecule has 2 heterocycles. The van der Waals surface area contributed by atoms with E-state index in [1.165, 1.54) is 11.1 Å². The molecule has 0 saturated carbocycles. The number of halogens is 1. The topological polar surface area (TPSA) is 54.5 Å². The summed E-state index contributed by atoms with van der Waals surface area (Å²) in [6.07, 6.45) is 0. The van der Waals surface area contributed by atoms with Gasteiger partial charge in [-0.25, -0.2) is 4.98 Å². The summed E-state index contributed by atoms with van der Waals surface area (Å²) in [5.74, 6) is 0.833. The van der Waals surface area contributed by atoms with Crippen molar-refractivity contribution in [3.63, 3.8) is 0 Å². The standard InChI is InChI=1S/C17H13BrN4S/c1-10-2-4-11(5-3-10)9-23-17-20-16-15(21-22-17)13-7-6-12(18)8-14(13)19-16/h2-8H,9H2,1H3,(H,19,20,22).